The fourth-order valence-corrected chi connectivity index (χ4v) is 4.49. The number of hydrogen-bond donors (Lipinski definition) is 1. The summed E-state index contributed by atoms with van der Waals surface area (Å²) in [5.74, 6) is -2.19. The molecule has 2 N–H and O–H groups in total. The minimum atomic E-state index is -1.59. The largest absolute Gasteiger partial charge is 0.386 e. The normalized spacial score (nSPS) is 42.3. The van der Waals surface area contributed by atoms with Gasteiger partial charge in [-0.1, -0.05) is 35.3 Å². The number of hydrogen-bond acceptors (Lipinski definition) is 6. The molecule has 1 saturated carbocycles. The summed E-state index contributed by atoms with van der Waals surface area (Å²) >= 11 is 12.4. The van der Waals surface area contributed by atoms with E-state index in [1.165, 1.54) is 0 Å². The Morgan fingerprint density at radius 3 is 2.67 bits per heavy atom. The van der Waals surface area contributed by atoms with Crippen LogP contribution in [0.15, 0.2) is 23.2 Å². The van der Waals surface area contributed by atoms with Crippen LogP contribution in [0.3, 0.4) is 0 Å². The van der Waals surface area contributed by atoms with Crippen LogP contribution in [0, 0.1) is 33.5 Å². The molecule has 4 rings (SSSR count). The lowest BCUT2D eigenvalue weighted by Gasteiger charge is -2.26. The molecule has 3 aliphatic rings. The first-order valence-electron chi connectivity index (χ1n) is 7.34. The molecule has 2 fully saturated rings. The van der Waals surface area contributed by atoms with Crippen molar-refractivity contribution in [1.82, 2.24) is 0 Å². The molecule has 6 nitrogen and oxygen atoms in total. The van der Waals surface area contributed by atoms with E-state index in [1.807, 2.05) is 6.92 Å². The maximum Gasteiger partial charge on any atom is 0.293 e. The van der Waals surface area contributed by atoms with E-state index < -0.39 is 22.7 Å². The summed E-state index contributed by atoms with van der Waals surface area (Å²) in [5, 5.41) is 20.5. The number of aliphatic imine (C=N–C) groups is 1. The van der Waals surface area contributed by atoms with Gasteiger partial charge in [-0.2, -0.15) is 10.5 Å². The Bertz CT molecular complexity index is 876. The van der Waals surface area contributed by atoms with Gasteiger partial charge in [0, 0.05) is 5.92 Å². The van der Waals surface area contributed by atoms with Crippen LogP contribution in [0.4, 0.5) is 0 Å². The fourth-order valence-electron chi connectivity index (χ4n) is 4.07. The second-order valence-corrected chi connectivity index (χ2v) is 7.02. The molecule has 24 heavy (non-hydrogen) atoms. The molecule has 122 valence electrons. The molecule has 1 aromatic rings. The number of rotatable bonds is 1. The van der Waals surface area contributed by atoms with E-state index in [2.05, 4.69) is 17.1 Å². The summed E-state index contributed by atoms with van der Waals surface area (Å²) in [4.78, 5) is 4.24. The van der Waals surface area contributed by atoms with E-state index in [4.69, 9.17) is 38.4 Å². The van der Waals surface area contributed by atoms with Crippen LogP contribution in [0.25, 0.3) is 0 Å². The molecule has 5 atom stereocenters. The van der Waals surface area contributed by atoms with Gasteiger partial charge >= 0.3 is 0 Å². The van der Waals surface area contributed by atoms with Gasteiger partial charge in [-0.3, -0.25) is 0 Å². The predicted octanol–water partition coefficient (Wildman–Crippen LogP) is 2.57. The summed E-state index contributed by atoms with van der Waals surface area (Å²) in [6.07, 6.45) is -0.266. The van der Waals surface area contributed by atoms with Crippen molar-refractivity contribution >= 4 is 29.0 Å². The monoisotopic (exact) mass is 362 g/mol. The number of ether oxygens (including phenoxy) is 2. The number of benzene rings is 1. The van der Waals surface area contributed by atoms with Crippen LogP contribution < -0.4 is 5.73 Å². The molecule has 8 heteroatoms. The third kappa shape index (κ3) is 1.42. The molecule has 0 bridgehead atoms. The van der Waals surface area contributed by atoms with Crippen molar-refractivity contribution in [2.24, 2.45) is 21.6 Å². The Kier molecular flexibility index (Phi) is 3.02. The van der Waals surface area contributed by atoms with Crippen LogP contribution >= 0.6 is 23.2 Å². The minimum Gasteiger partial charge on any atom is -0.386 e. The quantitative estimate of drug-likeness (QED) is 0.826. The molecule has 1 aromatic carbocycles. The zero-order chi connectivity index (χ0) is 17.3. The number of halogens is 2. The molecule has 1 spiro atoms. The molecule has 0 aromatic heterocycles. The second-order valence-electron chi connectivity index (χ2n) is 6.23. The van der Waals surface area contributed by atoms with Gasteiger partial charge in [0.15, 0.2) is 5.41 Å². The van der Waals surface area contributed by atoms with Crippen LogP contribution in [-0.4, -0.2) is 24.5 Å². The first-order chi connectivity index (χ1) is 11.4. The van der Waals surface area contributed by atoms with E-state index in [0.717, 1.165) is 0 Å². The van der Waals surface area contributed by atoms with E-state index >= 15 is 0 Å². The second kappa shape index (κ2) is 4.62. The average molecular weight is 363 g/mol. The van der Waals surface area contributed by atoms with E-state index in [9.17, 15) is 10.5 Å². The van der Waals surface area contributed by atoms with Crippen LogP contribution in [0.2, 0.25) is 10.0 Å². The maximum atomic E-state index is 10.0. The highest BCUT2D eigenvalue weighted by Crippen LogP contribution is 2.83. The Balaban J connectivity index is 1.96. The first-order valence-corrected chi connectivity index (χ1v) is 8.10. The average Bonchev–Trinajstić information content (AvgIpc) is 2.93. The van der Waals surface area contributed by atoms with Gasteiger partial charge in [-0.15, -0.1) is 0 Å². The van der Waals surface area contributed by atoms with Gasteiger partial charge in [0.1, 0.15) is 11.3 Å². The van der Waals surface area contributed by atoms with Gasteiger partial charge in [-0.05, 0) is 18.6 Å². The standard InChI is InChI=1S/C16H12Cl2N4O2/c1-8-5-23-16(24-8)15(7-20)12(14(15,6-19)13(21)22-16)9-3-2-4-10(17)11(9)18/h2-4,8,12H,5H2,1H3,(H2,21,22)/t8-,12-,14-,15-,16-/m1/s1. The van der Waals surface area contributed by atoms with Crippen molar-refractivity contribution in [2.75, 3.05) is 6.61 Å². The molecule has 1 saturated heterocycles. The molecule has 0 radical (unpaired) electrons. The molecule has 0 amide bonds. The van der Waals surface area contributed by atoms with E-state index in [1.54, 1.807) is 18.2 Å². The molecule has 2 aliphatic heterocycles. The molecule has 2 heterocycles. The number of nitrogens with zero attached hydrogens (tertiary/aromatic N) is 3. The zero-order valence-electron chi connectivity index (χ0n) is 12.6. The summed E-state index contributed by atoms with van der Waals surface area (Å²) < 4.78 is 11.6. The van der Waals surface area contributed by atoms with Gasteiger partial charge in [-0.25, -0.2) is 4.99 Å². The van der Waals surface area contributed by atoms with Gasteiger partial charge in [0.25, 0.3) is 5.91 Å². The smallest absolute Gasteiger partial charge is 0.293 e. The molecule has 0 unspecified atom stereocenters. The first kappa shape index (κ1) is 15.7. The maximum absolute atomic E-state index is 10.0. The van der Waals surface area contributed by atoms with Crippen LogP contribution in [-0.2, 0) is 9.47 Å². The summed E-state index contributed by atoms with van der Waals surface area (Å²) in [7, 11) is 0. The highest BCUT2D eigenvalue weighted by atomic mass is 35.5. The highest BCUT2D eigenvalue weighted by Gasteiger charge is 2.94. The Hall–Kier alpha value is -1.83. The number of nitrogens with two attached hydrogens (primary N) is 1. The SMILES string of the molecule is C[C@@H]1CO[C@@]2(N=C(N)[C@@]3(C#N)[C@@H](c4cccc(Cl)c4Cl)[C@@]23C#N)O1. The Labute approximate surface area is 148 Å². The van der Waals surface area contributed by atoms with Gasteiger partial charge < -0.3 is 15.2 Å². The third-order valence-corrected chi connectivity index (χ3v) is 5.93. The van der Waals surface area contributed by atoms with E-state index in [0.29, 0.717) is 10.6 Å². The van der Waals surface area contributed by atoms with Crippen LogP contribution in [0.5, 0.6) is 0 Å². The number of amidine groups is 1. The van der Waals surface area contributed by atoms with Crippen molar-refractivity contribution in [2.45, 2.75) is 24.9 Å². The molecule has 1 aliphatic carbocycles. The van der Waals surface area contributed by atoms with Crippen molar-refractivity contribution in [3.63, 3.8) is 0 Å². The predicted molar refractivity (Wildman–Crippen MR) is 86.1 cm³/mol. The lowest BCUT2D eigenvalue weighted by Crippen LogP contribution is -2.39. The van der Waals surface area contributed by atoms with Crippen LogP contribution in [0.1, 0.15) is 18.4 Å². The third-order valence-electron chi connectivity index (χ3n) is 5.09. The fraction of sp³-hybridized carbons (Fsp3) is 0.438. The van der Waals surface area contributed by atoms with Crippen molar-refractivity contribution in [3.05, 3.63) is 33.8 Å². The lowest BCUT2D eigenvalue weighted by molar-refractivity contribution is -0.193. The summed E-state index contributed by atoms with van der Waals surface area (Å²) in [6, 6.07) is 9.48. The zero-order valence-corrected chi connectivity index (χ0v) is 14.1. The number of fused-ring (bicyclic) bond motifs is 2. The minimum absolute atomic E-state index is 0.0293. The molecular formula is C16H12Cl2N4O2. The van der Waals surface area contributed by atoms with Gasteiger partial charge in [0.2, 0.25) is 0 Å². The lowest BCUT2D eigenvalue weighted by atomic mass is 9.94. The van der Waals surface area contributed by atoms with Crippen molar-refractivity contribution in [3.8, 4) is 12.1 Å². The van der Waals surface area contributed by atoms with E-state index in [-0.39, 0.29) is 23.6 Å². The van der Waals surface area contributed by atoms with Gasteiger partial charge in [0.05, 0.1) is 34.9 Å². The number of nitriles is 2. The molecular weight excluding hydrogens is 351 g/mol. The topological polar surface area (TPSA) is 104 Å². The highest BCUT2D eigenvalue weighted by molar-refractivity contribution is 6.42. The summed E-state index contributed by atoms with van der Waals surface area (Å²) in [5.41, 5.74) is 3.91. The summed E-state index contributed by atoms with van der Waals surface area (Å²) in [6.45, 7) is 2.07. The van der Waals surface area contributed by atoms with Crippen molar-refractivity contribution in [1.29, 1.82) is 10.5 Å². The Morgan fingerprint density at radius 2 is 2.08 bits per heavy atom. The Morgan fingerprint density at radius 1 is 1.33 bits per heavy atom. The van der Waals surface area contributed by atoms with Crippen molar-refractivity contribution < 1.29 is 9.47 Å².